The summed E-state index contributed by atoms with van der Waals surface area (Å²) in [5.41, 5.74) is 1.07. The van der Waals surface area contributed by atoms with Crippen LogP contribution >= 0.6 is 11.6 Å². The second-order valence-electron chi connectivity index (χ2n) is 3.47. The lowest BCUT2D eigenvalue weighted by atomic mass is 10.2. The van der Waals surface area contributed by atoms with Gasteiger partial charge in [-0.2, -0.15) is 0 Å². The molecule has 5 nitrogen and oxygen atoms in total. The lowest BCUT2D eigenvalue weighted by molar-refractivity contribution is -0.119. The van der Waals surface area contributed by atoms with Crippen molar-refractivity contribution in [2.75, 3.05) is 6.54 Å². The van der Waals surface area contributed by atoms with Gasteiger partial charge in [-0.15, -0.1) is 11.6 Å². The molecule has 1 aromatic rings. The van der Waals surface area contributed by atoms with Crippen molar-refractivity contribution in [3.8, 4) is 0 Å². The van der Waals surface area contributed by atoms with Crippen molar-refractivity contribution in [3.63, 3.8) is 0 Å². The minimum absolute atomic E-state index is 0.444. The number of alkyl halides is 1. The van der Waals surface area contributed by atoms with Crippen molar-refractivity contribution in [3.05, 3.63) is 30.1 Å². The molecular weight excluding hydrogens is 242 g/mol. The number of amides is 3. The zero-order valence-electron chi connectivity index (χ0n) is 9.44. The molecule has 1 heterocycles. The Hall–Kier alpha value is -1.62. The summed E-state index contributed by atoms with van der Waals surface area (Å²) in [7, 11) is 0. The second kappa shape index (κ2) is 6.85. The molecule has 17 heavy (non-hydrogen) atoms. The van der Waals surface area contributed by atoms with Gasteiger partial charge in [0.1, 0.15) is 5.38 Å². The molecule has 1 aromatic heterocycles. The van der Waals surface area contributed by atoms with Gasteiger partial charge in [-0.1, -0.05) is 0 Å². The third kappa shape index (κ3) is 5.31. The fourth-order valence-electron chi connectivity index (χ4n) is 1.13. The van der Waals surface area contributed by atoms with Crippen molar-refractivity contribution < 1.29 is 9.59 Å². The molecule has 0 aliphatic heterocycles. The van der Waals surface area contributed by atoms with Gasteiger partial charge in [0.2, 0.25) is 5.91 Å². The van der Waals surface area contributed by atoms with E-state index >= 15 is 0 Å². The first-order valence-corrected chi connectivity index (χ1v) is 5.65. The summed E-state index contributed by atoms with van der Waals surface area (Å²) in [5.74, 6) is -0.506. The number of carbonyl (C=O) groups excluding carboxylic acids is 2. The molecule has 2 N–H and O–H groups in total. The van der Waals surface area contributed by atoms with Crippen molar-refractivity contribution in [2.24, 2.45) is 0 Å². The summed E-state index contributed by atoms with van der Waals surface area (Å²) < 4.78 is 0. The van der Waals surface area contributed by atoms with E-state index in [4.69, 9.17) is 11.6 Å². The van der Waals surface area contributed by atoms with Gasteiger partial charge in [0.05, 0.1) is 0 Å². The van der Waals surface area contributed by atoms with Crippen LogP contribution in [0.15, 0.2) is 24.5 Å². The molecule has 0 saturated heterocycles. The Morgan fingerprint density at radius 3 is 2.65 bits per heavy atom. The van der Waals surface area contributed by atoms with Crippen LogP contribution in [0.3, 0.4) is 0 Å². The Morgan fingerprint density at radius 2 is 2.06 bits per heavy atom. The predicted molar refractivity (Wildman–Crippen MR) is 64.8 cm³/mol. The fraction of sp³-hybridized carbons (Fsp3) is 0.364. The highest BCUT2D eigenvalue weighted by Crippen LogP contribution is 1.96. The van der Waals surface area contributed by atoms with Crippen molar-refractivity contribution in [2.45, 2.75) is 18.7 Å². The molecule has 1 rings (SSSR count). The fourth-order valence-corrected chi connectivity index (χ4v) is 1.18. The van der Waals surface area contributed by atoms with Gasteiger partial charge in [0.15, 0.2) is 0 Å². The van der Waals surface area contributed by atoms with Gasteiger partial charge in [-0.25, -0.2) is 4.79 Å². The topological polar surface area (TPSA) is 71.1 Å². The summed E-state index contributed by atoms with van der Waals surface area (Å²) in [5, 5.41) is 3.98. The van der Waals surface area contributed by atoms with Crippen LogP contribution in [-0.4, -0.2) is 28.8 Å². The van der Waals surface area contributed by atoms with E-state index in [0.29, 0.717) is 13.0 Å². The zero-order chi connectivity index (χ0) is 12.7. The minimum atomic E-state index is -0.721. The number of carbonyl (C=O) groups is 2. The van der Waals surface area contributed by atoms with Crippen LogP contribution in [0.4, 0.5) is 4.79 Å². The molecule has 0 saturated carbocycles. The van der Waals surface area contributed by atoms with E-state index in [1.807, 2.05) is 12.1 Å². The molecule has 0 fully saturated rings. The predicted octanol–water partition coefficient (Wildman–Crippen LogP) is 1.08. The summed E-state index contributed by atoms with van der Waals surface area (Å²) in [6.07, 6.45) is 4.06. The number of aromatic nitrogens is 1. The van der Waals surface area contributed by atoms with Crippen molar-refractivity contribution in [1.29, 1.82) is 0 Å². The third-order valence-electron chi connectivity index (χ3n) is 2.05. The highest BCUT2D eigenvalue weighted by molar-refractivity contribution is 6.31. The highest BCUT2D eigenvalue weighted by atomic mass is 35.5. The summed E-state index contributed by atoms with van der Waals surface area (Å²) in [4.78, 5) is 26.2. The minimum Gasteiger partial charge on any atom is -0.337 e. The number of hydrogen-bond acceptors (Lipinski definition) is 3. The van der Waals surface area contributed by atoms with E-state index in [1.165, 1.54) is 6.92 Å². The van der Waals surface area contributed by atoms with Crippen LogP contribution in [0.5, 0.6) is 0 Å². The Labute approximate surface area is 105 Å². The van der Waals surface area contributed by atoms with Crippen LogP contribution in [0.2, 0.25) is 0 Å². The zero-order valence-corrected chi connectivity index (χ0v) is 10.2. The first kappa shape index (κ1) is 13.4. The van der Waals surface area contributed by atoms with E-state index < -0.39 is 17.3 Å². The van der Waals surface area contributed by atoms with Crippen LogP contribution in [-0.2, 0) is 11.2 Å². The smallest absolute Gasteiger partial charge is 0.321 e. The van der Waals surface area contributed by atoms with Crippen molar-refractivity contribution in [1.82, 2.24) is 15.6 Å². The normalized spacial score (nSPS) is 11.6. The molecule has 92 valence electrons. The van der Waals surface area contributed by atoms with E-state index in [-0.39, 0.29) is 0 Å². The molecule has 0 aliphatic carbocycles. The van der Waals surface area contributed by atoms with Gasteiger partial charge in [-0.3, -0.25) is 15.1 Å². The Kier molecular flexibility index (Phi) is 5.42. The average Bonchev–Trinajstić information content (AvgIpc) is 2.30. The largest absolute Gasteiger partial charge is 0.337 e. The summed E-state index contributed by atoms with van der Waals surface area (Å²) in [6.45, 7) is 1.95. The lowest BCUT2D eigenvalue weighted by Gasteiger charge is -2.07. The molecule has 1 atom stereocenters. The maximum absolute atomic E-state index is 11.2. The maximum Gasteiger partial charge on any atom is 0.321 e. The Balaban J connectivity index is 2.23. The first-order valence-electron chi connectivity index (χ1n) is 5.21. The lowest BCUT2D eigenvalue weighted by Crippen LogP contribution is -2.42. The molecule has 0 spiro atoms. The monoisotopic (exact) mass is 255 g/mol. The van der Waals surface area contributed by atoms with Gasteiger partial charge in [0, 0.05) is 18.9 Å². The number of imide groups is 1. The van der Waals surface area contributed by atoms with Crippen LogP contribution < -0.4 is 10.6 Å². The number of rotatable bonds is 4. The summed E-state index contributed by atoms with van der Waals surface area (Å²) in [6, 6.07) is 3.20. The number of pyridine rings is 1. The number of halogens is 1. The summed E-state index contributed by atoms with van der Waals surface area (Å²) >= 11 is 5.50. The molecule has 1 unspecified atom stereocenters. The van der Waals surface area contributed by atoms with E-state index in [2.05, 4.69) is 15.6 Å². The van der Waals surface area contributed by atoms with E-state index in [9.17, 15) is 9.59 Å². The van der Waals surface area contributed by atoms with E-state index in [1.54, 1.807) is 12.4 Å². The molecule has 3 amide bonds. The quantitative estimate of drug-likeness (QED) is 0.791. The average molecular weight is 256 g/mol. The van der Waals surface area contributed by atoms with E-state index in [0.717, 1.165) is 5.56 Å². The number of urea groups is 1. The Morgan fingerprint density at radius 1 is 1.41 bits per heavy atom. The molecule has 0 radical (unpaired) electrons. The second-order valence-corrected chi connectivity index (χ2v) is 4.12. The standard InChI is InChI=1S/C11H14ClN3O2/c1-8(12)10(16)15-11(17)14-7-4-9-2-5-13-6-3-9/h2-3,5-6,8H,4,7H2,1H3,(H2,14,15,16,17). The van der Waals surface area contributed by atoms with Crippen LogP contribution in [0.25, 0.3) is 0 Å². The highest BCUT2D eigenvalue weighted by Gasteiger charge is 2.11. The molecule has 0 aromatic carbocycles. The van der Waals surface area contributed by atoms with Gasteiger partial charge < -0.3 is 5.32 Å². The van der Waals surface area contributed by atoms with Crippen LogP contribution in [0, 0.1) is 0 Å². The van der Waals surface area contributed by atoms with Gasteiger partial charge >= 0.3 is 6.03 Å². The number of nitrogens with one attached hydrogen (secondary N) is 2. The first-order chi connectivity index (χ1) is 8.09. The van der Waals surface area contributed by atoms with Crippen LogP contribution in [0.1, 0.15) is 12.5 Å². The number of hydrogen-bond donors (Lipinski definition) is 2. The molecule has 0 aliphatic rings. The molecule has 0 bridgehead atoms. The van der Waals surface area contributed by atoms with Gasteiger partial charge in [0.25, 0.3) is 0 Å². The Bertz CT molecular complexity index is 382. The number of nitrogens with zero attached hydrogens (tertiary/aromatic N) is 1. The molecule has 6 heteroatoms. The third-order valence-corrected chi connectivity index (χ3v) is 2.24. The maximum atomic E-state index is 11.2. The SMILES string of the molecule is CC(Cl)C(=O)NC(=O)NCCc1ccncc1. The van der Waals surface area contributed by atoms with Crippen molar-refractivity contribution >= 4 is 23.5 Å². The van der Waals surface area contributed by atoms with Gasteiger partial charge in [-0.05, 0) is 31.0 Å². The molecular formula is C11H14ClN3O2.